The van der Waals surface area contributed by atoms with Crippen LogP contribution in [-0.4, -0.2) is 21.1 Å². The van der Waals surface area contributed by atoms with Gasteiger partial charge in [-0.15, -0.1) is 25.3 Å². The highest BCUT2D eigenvalue weighted by molar-refractivity contribution is 8.34. The Morgan fingerprint density at radius 2 is 2.09 bits per heavy atom. The Morgan fingerprint density at radius 1 is 1.73 bits per heavy atom. The van der Waals surface area contributed by atoms with E-state index in [0.717, 1.165) is 0 Å². The summed E-state index contributed by atoms with van der Waals surface area (Å²) in [5, 5.41) is 10.5. The third-order valence-electron chi connectivity index (χ3n) is 0.269. The van der Waals surface area contributed by atoms with Gasteiger partial charge in [0.05, 0.1) is 3.53 Å². The average Bonchev–Trinajstić information content (AvgIpc) is 1.82. The maximum Gasteiger partial charge on any atom is 0.309 e. The Labute approximate surface area is 79.2 Å². The predicted octanol–water partition coefficient (Wildman–Crippen LogP) is 1.51. The summed E-state index contributed by atoms with van der Waals surface area (Å²) >= 11 is 11.4. The van der Waals surface area contributed by atoms with E-state index < -0.39 is 12.5 Å². The second-order valence-electron chi connectivity index (χ2n) is 1.07. The summed E-state index contributed by atoms with van der Waals surface area (Å²) in [4.78, 5) is 11.7. The van der Waals surface area contributed by atoms with E-state index in [9.17, 15) is 4.79 Å². The van der Waals surface area contributed by atoms with E-state index in [1.165, 1.54) is 0 Å². The molecule has 0 aliphatic rings. The highest BCUT2D eigenvalue weighted by Crippen LogP contribution is 1.83. The Balaban J connectivity index is 0. The van der Waals surface area contributed by atoms with Gasteiger partial charge in [0.15, 0.2) is 0 Å². The molecule has 0 unspecified atom stereocenters. The molecule has 11 heavy (non-hydrogen) atoms. The van der Waals surface area contributed by atoms with E-state index in [1.54, 1.807) is 0 Å². The molecule has 0 heterocycles. The van der Waals surface area contributed by atoms with Crippen LogP contribution in [0.25, 0.3) is 10.4 Å². The Bertz CT molecular complexity index is 184. The van der Waals surface area contributed by atoms with Crippen molar-refractivity contribution in [1.29, 1.82) is 0 Å². The van der Waals surface area contributed by atoms with Crippen LogP contribution in [0.4, 0.5) is 0 Å². The highest BCUT2D eigenvalue weighted by atomic mass is 32.2. The highest BCUT2D eigenvalue weighted by Gasteiger charge is 1.86. The molecular weight excluding hydrogens is 206 g/mol. The molecule has 0 saturated heterocycles. The van der Waals surface area contributed by atoms with Crippen LogP contribution in [0.1, 0.15) is 0 Å². The lowest BCUT2D eigenvalue weighted by molar-refractivity contribution is -0.135. The fourth-order valence-corrected chi connectivity index (χ4v) is 0.0921. The summed E-state index contributed by atoms with van der Waals surface area (Å²) in [6.07, 6.45) is 0. The number of hydrogen-bond donors (Lipinski definition) is 3. The van der Waals surface area contributed by atoms with E-state index in [1.807, 2.05) is 0 Å². The molecule has 62 valence electrons. The number of nitrogens with zero attached hydrogens (tertiary/aromatic N) is 3. The molecule has 0 atom stereocenters. The van der Waals surface area contributed by atoms with Gasteiger partial charge in [-0.05, 0) is 5.53 Å². The summed E-state index contributed by atoms with van der Waals surface area (Å²) in [5.74, 6) is -1.11. The zero-order chi connectivity index (χ0) is 9.28. The number of thiol groups is 2. The first-order chi connectivity index (χ1) is 5.00. The SMILES string of the molecule is S=C(S)S.[N-]=[N+]=NCC(=O)O. The van der Waals surface area contributed by atoms with Crippen LogP contribution >= 0.6 is 37.5 Å². The van der Waals surface area contributed by atoms with Crippen molar-refractivity contribution in [3.05, 3.63) is 10.4 Å². The van der Waals surface area contributed by atoms with Gasteiger partial charge in [-0.1, -0.05) is 17.3 Å². The van der Waals surface area contributed by atoms with Gasteiger partial charge in [-0.3, -0.25) is 4.79 Å². The van der Waals surface area contributed by atoms with Gasteiger partial charge in [-0.2, -0.15) is 0 Å². The lowest BCUT2D eigenvalue weighted by Crippen LogP contribution is -1.96. The summed E-state index contributed by atoms with van der Waals surface area (Å²) in [7, 11) is 0. The van der Waals surface area contributed by atoms with Crippen molar-refractivity contribution in [2.45, 2.75) is 0 Å². The molecular formula is C3H5N3O2S3. The molecule has 0 bridgehead atoms. The number of azide groups is 1. The van der Waals surface area contributed by atoms with Gasteiger partial charge >= 0.3 is 5.97 Å². The minimum atomic E-state index is -1.11. The molecule has 8 heteroatoms. The van der Waals surface area contributed by atoms with Crippen molar-refractivity contribution in [2.75, 3.05) is 6.54 Å². The van der Waals surface area contributed by atoms with Crippen LogP contribution in [0.2, 0.25) is 0 Å². The fraction of sp³-hybridized carbons (Fsp3) is 0.333. The normalized spacial score (nSPS) is 6.73. The monoisotopic (exact) mass is 211 g/mol. The topological polar surface area (TPSA) is 86.1 Å². The Hall–Kier alpha value is -0.430. The van der Waals surface area contributed by atoms with Crippen LogP contribution in [0.5, 0.6) is 0 Å². The van der Waals surface area contributed by atoms with Crippen LogP contribution in [0.3, 0.4) is 0 Å². The Morgan fingerprint density at radius 3 is 2.18 bits per heavy atom. The van der Waals surface area contributed by atoms with Gasteiger partial charge < -0.3 is 5.11 Å². The van der Waals surface area contributed by atoms with Gasteiger partial charge in [0.25, 0.3) is 0 Å². The van der Waals surface area contributed by atoms with Crippen molar-refractivity contribution >= 4 is 47.0 Å². The molecule has 0 aliphatic carbocycles. The molecule has 1 N–H and O–H groups in total. The minimum Gasteiger partial charge on any atom is -0.481 e. The third-order valence-corrected chi connectivity index (χ3v) is 0.269. The van der Waals surface area contributed by atoms with E-state index in [-0.39, 0.29) is 0 Å². The zero-order valence-corrected chi connectivity index (χ0v) is 7.81. The molecule has 0 saturated carbocycles. The van der Waals surface area contributed by atoms with Gasteiger partial charge in [0, 0.05) is 4.91 Å². The number of carboxylic acids is 1. The van der Waals surface area contributed by atoms with Crippen molar-refractivity contribution in [1.82, 2.24) is 0 Å². The first-order valence-electron chi connectivity index (χ1n) is 2.15. The molecule has 5 nitrogen and oxygen atoms in total. The lowest BCUT2D eigenvalue weighted by Gasteiger charge is -1.74. The Kier molecular flexibility index (Phi) is 11.5. The first-order valence-corrected chi connectivity index (χ1v) is 3.45. The second-order valence-corrected chi connectivity index (χ2v) is 3.33. The summed E-state index contributed by atoms with van der Waals surface area (Å²) in [6.45, 7) is -0.476. The van der Waals surface area contributed by atoms with Crippen molar-refractivity contribution in [2.24, 2.45) is 5.11 Å². The number of aliphatic carboxylic acids is 1. The molecule has 0 aromatic rings. The maximum atomic E-state index is 9.49. The minimum absolute atomic E-state index is 0.389. The third kappa shape index (κ3) is 43.0. The number of rotatable bonds is 2. The van der Waals surface area contributed by atoms with E-state index in [2.05, 4.69) is 47.5 Å². The van der Waals surface area contributed by atoms with E-state index in [0.29, 0.717) is 3.53 Å². The lowest BCUT2D eigenvalue weighted by atomic mass is 10.7. The first kappa shape index (κ1) is 13.2. The average molecular weight is 211 g/mol. The number of carboxylic acid groups (broad SMARTS) is 1. The van der Waals surface area contributed by atoms with Crippen LogP contribution in [-0.2, 0) is 4.79 Å². The molecule has 0 spiro atoms. The molecule has 0 aromatic carbocycles. The molecule has 0 amide bonds. The molecule has 0 fully saturated rings. The summed E-state index contributed by atoms with van der Waals surface area (Å²) in [6, 6.07) is 0. The van der Waals surface area contributed by atoms with Crippen molar-refractivity contribution < 1.29 is 9.90 Å². The van der Waals surface area contributed by atoms with Crippen LogP contribution < -0.4 is 0 Å². The van der Waals surface area contributed by atoms with E-state index >= 15 is 0 Å². The quantitative estimate of drug-likeness (QED) is 0.213. The van der Waals surface area contributed by atoms with Crippen LogP contribution in [0.15, 0.2) is 5.11 Å². The maximum absolute atomic E-state index is 9.49. The van der Waals surface area contributed by atoms with Crippen molar-refractivity contribution in [3.8, 4) is 0 Å². The molecule has 0 aromatic heterocycles. The molecule has 0 radical (unpaired) electrons. The van der Waals surface area contributed by atoms with Gasteiger partial charge in [0.2, 0.25) is 0 Å². The fourth-order valence-electron chi connectivity index (χ4n) is 0.0921. The summed E-state index contributed by atoms with van der Waals surface area (Å²) < 4.78 is 0.389. The largest absolute Gasteiger partial charge is 0.481 e. The van der Waals surface area contributed by atoms with Crippen molar-refractivity contribution in [3.63, 3.8) is 0 Å². The van der Waals surface area contributed by atoms with Crippen LogP contribution in [0, 0.1) is 0 Å². The number of carbonyl (C=O) groups is 1. The molecule has 0 rings (SSSR count). The second kappa shape index (κ2) is 9.57. The zero-order valence-electron chi connectivity index (χ0n) is 5.21. The van der Waals surface area contributed by atoms with Gasteiger partial charge in [-0.25, -0.2) is 0 Å². The molecule has 0 aliphatic heterocycles. The van der Waals surface area contributed by atoms with Gasteiger partial charge in [0.1, 0.15) is 6.54 Å². The number of thiocarbonyl (C=S) groups is 1. The smallest absolute Gasteiger partial charge is 0.309 e. The van der Waals surface area contributed by atoms with E-state index in [4.69, 9.17) is 10.6 Å². The standard InChI is InChI=1S/C2H3N3O2.CH2S3/c3-5-4-1-2(6)7;2-1(3)4/h1H2,(H,6,7);(H2,2,3,4). The number of hydrogen-bond acceptors (Lipinski definition) is 3. The predicted molar refractivity (Wildman–Crippen MR) is 52.2 cm³/mol. The summed E-state index contributed by atoms with van der Waals surface area (Å²) in [5.41, 5.74) is 7.51.